The Hall–Kier alpha value is -1.66. The summed E-state index contributed by atoms with van der Waals surface area (Å²) in [5, 5.41) is 19.6. The molecule has 2 saturated heterocycles. The molecule has 0 radical (unpaired) electrons. The first-order valence-corrected chi connectivity index (χ1v) is 9.60. The highest BCUT2D eigenvalue weighted by molar-refractivity contribution is 5.92. The van der Waals surface area contributed by atoms with Crippen LogP contribution in [0, 0.1) is 0 Å². The Labute approximate surface area is 154 Å². The average Bonchev–Trinajstić information content (AvgIpc) is 2.98. The Morgan fingerprint density at radius 3 is 1.38 bits per heavy atom. The minimum atomic E-state index is -0.796. The van der Waals surface area contributed by atoms with E-state index in [2.05, 4.69) is 0 Å². The van der Waals surface area contributed by atoms with E-state index < -0.39 is 36.4 Å². The first-order valence-electron chi connectivity index (χ1n) is 9.60. The van der Waals surface area contributed by atoms with Crippen LogP contribution in [0.2, 0.25) is 0 Å². The van der Waals surface area contributed by atoms with Crippen molar-refractivity contribution in [1.29, 1.82) is 0 Å². The third kappa shape index (κ3) is 5.42. The lowest BCUT2D eigenvalue weighted by Gasteiger charge is -2.05. The van der Waals surface area contributed by atoms with Gasteiger partial charge in [0.05, 0.1) is 11.1 Å². The van der Waals surface area contributed by atoms with Crippen molar-refractivity contribution in [2.45, 2.75) is 89.6 Å². The van der Waals surface area contributed by atoms with Crippen molar-refractivity contribution in [2.24, 2.45) is 0 Å². The fourth-order valence-corrected chi connectivity index (χ4v) is 3.27. The van der Waals surface area contributed by atoms with Crippen LogP contribution in [0.3, 0.4) is 0 Å². The molecule has 0 bridgehead atoms. The Balaban J connectivity index is 1.51. The van der Waals surface area contributed by atoms with Crippen molar-refractivity contribution in [3.8, 4) is 0 Å². The second-order valence-electron chi connectivity index (χ2n) is 7.13. The molecule has 4 atom stereocenters. The summed E-state index contributed by atoms with van der Waals surface area (Å²) in [7, 11) is 0. The molecule has 0 aliphatic carbocycles. The van der Waals surface area contributed by atoms with Gasteiger partial charge >= 0.3 is 11.9 Å². The van der Waals surface area contributed by atoms with Crippen molar-refractivity contribution in [3.05, 3.63) is 23.3 Å². The number of hydrogen-bond donors (Lipinski definition) is 2. The fraction of sp³-hybridized carbons (Fsp3) is 0.700. The van der Waals surface area contributed by atoms with Crippen LogP contribution >= 0.6 is 0 Å². The van der Waals surface area contributed by atoms with Gasteiger partial charge in [0.25, 0.3) is 0 Å². The standard InChI is InChI=1S/C20H30O6/c1-13-17(21)15(19(23)25-13)11-9-7-5-3-4-6-8-10-12-16-18(22)14(2)26-20(16)24/h11-14,17-18,21-22H,3-10H2,1-2H3/b15-11-,16-12+/t13-,14-,17+,18+/m0/s1. The van der Waals surface area contributed by atoms with Gasteiger partial charge in [0.2, 0.25) is 0 Å². The molecule has 2 heterocycles. The van der Waals surface area contributed by atoms with Crippen LogP contribution in [0.15, 0.2) is 23.3 Å². The van der Waals surface area contributed by atoms with E-state index >= 15 is 0 Å². The number of carbonyl (C=O) groups is 2. The molecule has 0 aromatic carbocycles. The molecule has 0 amide bonds. The van der Waals surface area contributed by atoms with E-state index in [0.717, 1.165) is 51.4 Å². The quantitative estimate of drug-likeness (QED) is 0.370. The van der Waals surface area contributed by atoms with Crippen molar-refractivity contribution < 1.29 is 29.3 Å². The summed E-state index contributed by atoms with van der Waals surface area (Å²) in [5.41, 5.74) is 0.792. The molecule has 6 nitrogen and oxygen atoms in total. The lowest BCUT2D eigenvalue weighted by atomic mass is 10.0. The summed E-state index contributed by atoms with van der Waals surface area (Å²) in [6.07, 6.45) is 9.03. The van der Waals surface area contributed by atoms with E-state index in [0.29, 0.717) is 11.1 Å². The summed E-state index contributed by atoms with van der Waals surface area (Å²) in [5.74, 6) is -0.797. The highest BCUT2D eigenvalue weighted by Crippen LogP contribution is 2.23. The van der Waals surface area contributed by atoms with Gasteiger partial charge in [0.1, 0.15) is 24.4 Å². The van der Waals surface area contributed by atoms with Crippen LogP contribution in [-0.2, 0) is 19.1 Å². The summed E-state index contributed by atoms with van der Waals surface area (Å²) < 4.78 is 9.94. The molecule has 6 heteroatoms. The minimum Gasteiger partial charge on any atom is -0.456 e. The van der Waals surface area contributed by atoms with E-state index in [9.17, 15) is 19.8 Å². The topological polar surface area (TPSA) is 93.1 Å². The molecule has 146 valence electrons. The van der Waals surface area contributed by atoms with E-state index in [1.165, 1.54) is 0 Å². The maximum atomic E-state index is 11.5. The molecular weight excluding hydrogens is 336 g/mol. The van der Waals surface area contributed by atoms with Crippen LogP contribution in [0.1, 0.15) is 65.2 Å². The second-order valence-corrected chi connectivity index (χ2v) is 7.13. The van der Waals surface area contributed by atoms with E-state index in [1.54, 1.807) is 26.0 Å². The number of allylic oxidation sites excluding steroid dienone is 2. The number of rotatable bonds is 9. The average molecular weight is 366 g/mol. The maximum Gasteiger partial charge on any atom is 0.336 e. The molecule has 0 spiro atoms. The largest absolute Gasteiger partial charge is 0.456 e. The minimum absolute atomic E-state index is 0.396. The van der Waals surface area contributed by atoms with Gasteiger partial charge < -0.3 is 19.7 Å². The zero-order chi connectivity index (χ0) is 19.1. The number of esters is 2. The third-order valence-corrected chi connectivity index (χ3v) is 4.97. The highest BCUT2D eigenvalue weighted by Gasteiger charge is 2.35. The van der Waals surface area contributed by atoms with Gasteiger partial charge in [-0.2, -0.15) is 0 Å². The first kappa shape index (κ1) is 20.6. The third-order valence-electron chi connectivity index (χ3n) is 4.97. The van der Waals surface area contributed by atoms with Crippen molar-refractivity contribution in [3.63, 3.8) is 0 Å². The summed E-state index contributed by atoms with van der Waals surface area (Å²) in [6.45, 7) is 3.38. The maximum absolute atomic E-state index is 11.5. The predicted octanol–water partition coefficient (Wildman–Crippen LogP) is 2.57. The monoisotopic (exact) mass is 366 g/mol. The van der Waals surface area contributed by atoms with Gasteiger partial charge in [0.15, 0.2) is 0 Å². The van der Waals surface area contributed by atoms with Gasteiger partial charge in [-0.3, -0.25) is 0 Å². The van der Waals surface area contributed by atoms with E-state index in [4.69, 9.17) is 9.47 Å². The van der Waals surface area contributed by atoms with Gasteiger partial charge in [-0.05, 0) is 39.5 Å². The SMILES string of the molecule is C[C@@H]1OC(=O)/C(=C\CCCCCCCC/C=C2/C(=O)O[C@@H](C)[C@H]2O)[C@@H]1O. The van der Waals surface area contributed by atoms with Crippen LogP contribution in [0.4, 0.5) is 0 Å². The molecule has 2 N–H and O–H groups in total. The van der Waals surface area contributed by atoms with Crippen molar-refractivity contribution in [1.82, 2.24) is 0 Å². The lowest BCUT2D eigenvalue weighted by molar-refractivity contribution is -0.139. The molecule has 2 aliphatic rings. The second kappa shape index (κ2) is 9.88. The van der Waals surface area contributed by atoms with Crippen LogP contribution < -0.4 is 0 Å². The molecule has 0 aromatic heterocycles. The van der Waals surface area contributed by atoms with Gasteiger partial charge in [-0.15, -0.1) is 0 Å². The Kier molecular flexibility index (Phi) is 7.85. The van der Waals surface area contributed by atoms with E-state index in [1.807, 2.05) is 0 Å². The summed E-state index contributed by atoms with van der Waals surface area (Å²) in [6, 6.07) is 0. The van der Waals surface area contributed by atoms with Gasteiger partial charge in [-0.25, -0.2) is 9.59 Å². The molecule has 0 aromatic rings. The van der Waals surface area contributed by atoms with Crippen LogP contribution in [0.25, 0.3) is 0 Å². The zero-order valence-electron chi connectivity index (χ0n) is 15.6. The number of aliphatic hydroxyl groups is 2. The summed E-state index contributed by atoms with van der Waals surface area (Å²) in [4.78, 5) is 23.0. The number of ether oxygens (including phenoxy) is 2. The molecule has 2 fully saturated rings. The van der Waals surface area contributed by atoms with E-state index in [-0.39, 0.29) is 0 Å². The van der Waals surface area contributed by atoms with Crippen molar-refractivity contribution >= 4 is 11.9 Å². The number of carbonyl (C=O) groups excluding carboxylic acids is 2. The number of aliphatic hydroxyl groups excluding tert-OH is 2. The van der Waals surface area contributed by atoms with Gasteiger partial charge in [0, 0.05) is 0 Å². The Morgan fingerprint density at radius 1 is 0.731 bits per heavy atom. The summed E-state index contributed by atoms with van der Waals surface area (Å²) >= 11 is 0. The molecular formula is C20H30O6. The highest BCUT2D eigenvalue weighted by atomic mass is 16.6. The Bertz CT molecular complexity index is 515. The van der Waals surface area contributed by atoms with Crippen LogP contribution in [0.5, 0.6) is 0 Å². The Morgan fingerprint density at radius 2 is 1.08 bits per heavy atom. The van der Waals surface area contributed by atoms with Crippen LogP contribution in [-0.4, -0.2) is 46.6 Å². The molecule has 2 rings (SSSR count). The molecule has 0 saturated carbocycles. The number of hydrogen-bond acceptors (Lipinski definition) is 6. The van der Waals surface area contributed by atoms with Crippen molar-refractivity contribution in [2.75, 3.05) is 0 Å². The number of cyclic esters (lactones) is 2. The fourth-order valence-electron chi connectivity index (χ4n) is 3.27. The number of unbranched alkanes of at least 4 members (excludes halogenated alkanes) is 7. The van der Waals surface area contributed by atoms with Gasteiger partial charge in [-0.1, -0.05) is 37.8 Å². The molecule has 26 heavy (non-hydrogen) atoms. The zero-order valence-corrected chi connectivity index (χ0v) is 15.6. The first-order chi connectivity index (χ1) is 12.4. The molecule has 2 aliphatic heterocycles. The predicted molar refractivity (Wildman–Crippen MR) is 96.2 cm³/mol. The smallest absolute Gasteiger partial charge is 0.336 e. The molecule has 0 unspecified atom stereocenters. The normalized spacial score (nSPS) is 31.7. The lowest BCUT2D eigenvalue weighted by Crippen LogP contribution is -2.17.